The van der Waals surface area contributed by atoms with Crippen LogP contribution in [0.1, 0.15) is 53.9 Å². The molecule has 0 spiro atoms. The van der Waals surface area contributed by atoms with E-state index in [1.54, 1.807) is 13.8 Å². The predicted octanol–water partition coefficient (Wildman–Crippen LogP) is 1.51. The lowest BCUT2D eigenvalue weighted by Gasteiger charge is -2.37. The van der Waals surface area contributed by atoms with Gasteiger partial charge >= 0.3 is 5.97 Å². The smallest absolute Gasteiger partial charge is 0.303 e. The minimum absolute atomic E-state index is 0.0419. The molecule has 0 amide bonds. The van der Waals surface area contributed by atoms with E-state index in [0.29, 0.717) is 0 Å². The summed E-state index contributed by atoms with van der Waals surface area (Å²) in [5, 5.41) is 0. The maximum Gasteiger partial charge on any atom is 0.303 e. The minimum atomic E-state index is -1.21. The highest BCUT2D eigenvalue weighted by atomic mass is 16.8. The van der Waals surface area contributed by atoms with E-state index in [1.165, 1.54) is 20.8 Å². The van der Waals surface area contributed by atoms with Crippen LogP contribution in [0.4, 0.5) is 0 Å². The molecule has 2 saturated heterocycles. The molecule has 0 bridgehead atoms. The van der Waals surface area contributed by atoms with E-state index in [0.717, 1.165) is 0 Å². The summed E-state index contributed by atoms with van der Waals surface area (Å²) < 4.78 is 23.0. The van der Waals surface area contributed by atoms with Crippen molar-refractivity contribution in [2.24, 2.45) is 0 Å². The third-order valence-electron chi connectivity index (χ3n) is 4.06. The van der Waals surface area contributed by atoms with Gasteiger partial charge in [-0.3, -0.25) is 9.59 Å². The van der Waals surface area contributed by atoms with Gasteiger partial charge in [0.1, 0.15) is 17.7 Å². The number of ether oxygens (including phenoxy) is 4. The Labute approximate surface area is 135 Å². The first-order chi connectivity index (χ1) is 10.6. The van der Waals surface area contributed by atoms with Crippen molar-refractivity contribution in [3.8, 4) is 0 Å². The monoisotopic (exact) mass is 328 g/mol. The Balaban J connectivity index is 2.37. The normalized spacial score (nSPS) is 34.9. The molecule has 0 aromatic rings. The molecule has 0 aromatic carbocycles. The van der Waals surface area contributed by atoms with Gasteiger partial charge in [-0.25, -0.2) is 0 Å². The molecule has 2 heterocycles. The molecule has 0 aliphatic carbocycles. The Morgan fingerprint density at radius 3 is 2.22 bits per heavy atom. The second-order valence-corrected chi connectivity index (χ2v) is 6.71. The van der Waals surface area contributed by atoms with Crippen LogP contribution in [0.3, 0.4) is 0 Å². The molecule has 2 aliphatic rings. The summed E-state index contributed by atoms with van der Waals surface area (Å²) in [7, 11) is 0. The molecule has 0 saturated carbocycles. The van der Waals surface area contributed by atoms with Crippen LogP contribution in [-0.4, -0.2) is 47.4 Å². The van der Waals surface area contributed by atoms with Gasteiger partial charge in [0.2, 0.25) is 0 Å². The molecule has 2 rings (SSSR count). The molecule has 7 nitrogen and oxygen atoms in total. The summed E-state index contributed by atoms with van der Waals surface area (Å²) in [5.41, 5.74) is -1.21. The highest BCUT2D eigenvalue weighted by Crippen LogP contribution is 2.48. The molecule has 0 radical (unpaired) electrons. The lowest BCUT2D eigenvalue weighted by molar-refractivity contribution is -0.236. The van der Waals surface area contributed by atoms with Gasteiger partial charge in [-0.2, -0.15) is 0 Å². The van der Waals surface area contributed by atoms with Crippen LogP contribution in [0.15, 0.2) is 0 Å². The third-order valence-corrected chi connectivity index (χ3v) is 4.06. The van der Waals surface area contributed by atoms with E-state index in [-0.39, 0.29) is 30.8 Å². The fourth-order valence-corrected chi connectivity index (χ4v) is 3.22. The summed E-state index contributed by atoms with van der Waals surface area (Å²) in [4.78, 5) is 34.7. The Hall–Kier alpha value is -1.31. The Bertz CT molecular complexity index is 513. The average molecular weight is 328 g/mol. The number of Topliss-reactive ketones (excluding diaryl/α,β-unsaturated/α-hetero) is 2. The fraction of sp³-hybridized carbons (Fsp3) is 0.812. The van der Waals surface area contributed by atoms with Crippen LogP contribution >= 0.6 is 0 Å². The minimum Gasteiger partial charge on any atom is -0.453 e. The van der Waals surface area contributed by atoms with Gasteiger partial charge < -0.3 is 23.7 Å². The summed E-state index contributed by atoms with van der Waals surface area (Å²) in [6, 6.07) is 0. The van der Waals surface area contributed by atoms with E-state index in [1.807, 2.05) is 0 Å². The number of hydrogen-bond donors (Lipinski definition) is 0. The zero-order valence-electron chi connectivity index (χ0n) is 14.2. The topological polar surface area (TPSA) is 88.1 Å². The van der Waals surface area contributed by atoms with E-state index < -0.39 is 35.9 Å². The van der Waals surface area contributed by atoms with Gasteiger partial charge in [-0.1, -0.05) is 0 Å². The van der Waals surface area contributed by atoms with Crippen LogP contribution in [0.25, 0.3) is 0 Å². The number of carbonyl (C=O) groups is 3. The standard InChI is InChI=1S/C16H24O7/c1-9(17)6-7-16(21-11(3)19)12(8-10(2)18)20-14-13(16)22-15(4,5)23-14/h12-14H,6-8H2,1-5H3/t12?,13-,14+,16-/m0/s1. The molecular weight excluding hydrogens is 304 g/mol. The summed E-state index contributed by atoms with van der Waals surface area (Å²) in [5.74, 6) is -1.55. The number of fused-ring (bicyclic) bond motifs is 1. The van der Waals surface area contributed by atoms with Crippen LogP contribution in [0.5, 0.6) is 0 Å². The highest BCUT2D eigenvalue weighted by molar-refractivity contribution is 5.77. The number of hydrogen-bond acceptors (Lipinski definition) is 7. The SMILES string of the molecule is CC(=O)CC[C@]1(OC(C)=O)C(CC(C)=O)O[C@@H]2OC(C)(C)O[C@@H]21. The molecule has 1 unspecified atom stereocenters. The second kappa shape index (κ2) is 6.30. The number of rotatable bonds is 6. The highest BCUT2D eigenvalue weighted by Gasteiger charge is 2.65. The second-order valence-electron chi connectivity index (χ2n) is 6.71. The van der Waals surface area contributed by atoms with Crippen LogP contribution in [-0.2, 0) is 33.3 Å². The van der Waals surface area contributed by atoms with Gasteiger partial charge in [-0.15, -0.1) is 0 Å². The number of carbonyl (C=O) groups excluding carboxylic acids is 3. The van der Waals surface area contributed by atoms with Crippen molar-refractivity contribution in [2.45, 2.75) is 83.8 Å². The van der Waals surface area contributed by atoms with Gasteiger partial charge in [0.05, 0.1) is 0 Å². The van der Waals surface area contributed by atoms with Gasteiger partial charge in [0, 0.05) is 19.8 Å². The molecule has 23 heavy (non-hydrogen) atoms. The van der Waals surface area contributed by atoms with Crippen LogP contribution < -0.4 is 0 Å². The molecule has 130 valence electrons. The van der Waals surface area contributed by atoms with Crippen molar-refractivity contribution < 1.29 is 33.3 Å². The Kier molecular flexibility index (Phi) is 4.94. The lowest BCUT2D eigenvalue weighted by atomic mass is 9.84. The Morgan fingerprint density at radius 1 is 1.04 bits per heavy atom. The first-order valence-corrected chi connectivity index (χ1v) is 7.75. The maximum absolute atomic E-state index is 11.7. The summed E-state index contributed by atoms with van der Waals surface area (Å²) in [6.07, 6.45) is -1.63. The third kappa shape index (κ3) is 3.79. The zero-order chi connectivity index (χ0) is 17.4. The maximum atomic E-state index is 11.7. The molecule has 2 fully saturated rings. The lowest BCUT2D eigenvalue weighted by Crippen LogP contribution is -2.53. The number of ketones is 2. The van der Waals surface area contributed by atoms with E-state index in [9.17, 15) is 14.4 Å². The van der Waals surface area contributed by atoms with Crippen molar-refractivity contribution >= 4 is 17.5 Å². The summed E-state index contributed by atoms with van der Waals surface area (Å²) in [6.45, 7) is 7.65. The van der Waals surface area contributed by atoms with Gasteiger partial charge in [0.15, 0.2) is 23.8 Å². The van der Waals surface area contributed by atoms with Crippen molar-refractivity contribution in [1.29, 1.82) is 0 Å². The molecule has 0 aromatic heterocycles. The van der Waals surface area contributed by atoms with Gasteiger partial charge in [0.25, 0.3) is 0 Å². The van der Waals surface area contributed by atoms with Crippen molar-refractivity contribution in [1.82, 2.24) is 0 Å². The Morgan fingerprint density at radius 2 is 1.70 bits per heavy atom. The summed E-state index contributed by atoms with van der Waals surface area (Å²) >= 11 is 0. The van der Waals surface area contributed by atoms with Crippen molar-refractivity contribution in [3.63, 3.8) is 0 Å². The van der Waals surface area contributed by atoms with E-state index in [4.69, 9.17) is 18.9 Å². The van der Waals surface area contributed by atoms with Crippen LogP contribution in [0.2, 0.25) is 0 Å². The van der Waals surface area contributed by atoms with E-state index in [2.05, 4.69) is 0 Å². The first kappa shape index (κ1) is 18.0. The zero-order valence-corrected chi connectivity index (χ0v) is 14.2. The predicted molar refractivity (Wildman–Crippen MR) is 78.4 cm³/mol. The quantitative estimate of drug-likeness (QED) is 0.683. The molecule has 4 atom stereocenters. The average Bonchev–Trinajstić information content (AvgIpc) is 2.79. The largest absolute Gasteiger partial charge is 0.453 e. The molecular formula is C16H24O7. The first-order valence-electron chi connectivity index (χ1n) is 7.75. The van der Waals surface area contributed by atoms with Gasteiger partial charge in [-0.05, 0) is 34.1 Å². The number of esters is 1. The molecule has 0 N–H and O–H groups in total. The van der Waals surface area contributed by atoms with Crippen molar-refractivity contribution in [2.75, 3.05) is 0 Å². The molecule has 2 aliphatic heterocycles. The fourth-order valence-electron chi connectivity index (χ4n) is 3.22. The van der Waals surface area contributed by atoms with Crippen molar-refractivity contribution in [3.05, 3.63) is 0 Å². The van der Waals surface area contributed by atoms with Crippen LogP contribution in [0, 0.1) is 0 Å². The van der Waals surface area contributed by atoms with E-state index >= 15 is 0 Å². The molecule has 7 heteroatoms.